The summed E-state index contributed by atoms with van der Waals surface area (Å²) in [5.41, 5.74) is 0.935. The molecule has 1 saturated heterocycles. The molecule has 0 radical (unpaired) electrons. The highest BCUT2D eigenvalue weighted by Gasteiger charge is 2.26. The molecular formula is C21H20N2O2S. The van der Waals surface area contributed by atoms with E-state index in [1.807, 2.05) is 60.7 Å². The number of ether oxygens (including phenoxy) is 1. The zero-order chi connectivity index (χ0) is 17.8. The van der Waals surface area contributed by atoms with Crippen LogP contribution < -0.4 is 4.74 Å². The molecule has 132 valence electrons. The van der Waals surface area contributed by atoms with E-state index in [9.17, 15) is 4.79 Å². The Bertz CT molecular complexity index is 855. The van der Waals surface area contributed by atoms with Crippen LogP contribution in [0.25, 0.3) is 6.08 Å². The van der Waals surface area contributed by atoms with E-state index in [0.29, 0.717) is 4.91 Å². The van der Waals surface area contributed by atoms with Crippen molar-refractivity contribution in [2.45, 2.75) is 19.3 Å². The number of rotatable bonds is 3. The monoisotopic (exact) mass is 364 g/mol. The summed E-state index contributed by atoms with van der Waals surface area (Å²) >= 11 is 1.48. The van der Waals surface area contributed by atoms with Gasteiger partial charge >= 0.3 is 0 Å². The lowest BCUT2D eigenvalue weighted by molar-refractivity contribution is -0.113. The number of para-hydroxylation sites is 1. The number of aliphatic imine (C=N–C) groups is 1. The van der Waals surface area contributed by atoms with E-state index < -0.39 is 0 Å². The van der Waals surface area contributed by atoms with Gasteiger partial charge in [0.15, 0.2) is 5.17 Å². The van der Waals surface area contributed by atoms with Crippen molar-refractivity contribution in [3.63, 3.8) is 0 Å². The maximum absolute atomic E-state index is 12.3. The molecule has 0 aliphatic carbocycles. The van der Waals surface area contributed by atoms with Crippen LogP contribution in [0.4, 0.5) is 0 Å². The van der Waals surface area contributed by atoms with Crippen molar-refractivity contribution in [1.82, 2.24) is 4.90 Å². The Kier molecular flexibility index (Phi) is 5.07. The summed E-state index contributed by atoms with van der Waals surface area (Å²) in [5.74, 6) is 1.39. The summed E-state index contributed by atoms with van der Waals surface area (Å²) in [5, 5.41) is 0.845. The molecular weight excluding hydrogens is 344 g/mol. The highest BCUT2D eigenvalue weighted by Crippen LogP contribution is 2.32. The molecule has 2 aliphatic rings. The number of nitrogens with zero attached hydrogens (tertiary/aromatic N) is 2. The van der Waals surface area contributed by atoms with Crippen molar-refractivity contribution < 1.29 is 9.53 Å². The van der Waals surface area contributed by atoms with E-state index in [1.165, 1.54) is 31.0 Å². The molecule has 0 unspecified atom stereocenters. The molecule has 0 saturated carbocycles. The van der Waals surface area contributed by atoms with Gasteiger partial charge in [-0.25, -0.2) is 0 Å². The maximum atomic E-state index is 12.3. The second kappa shape index (κ2) is 7.79. The number of piperidine rings is 1. The number of carbonyl (C=O) groups is 1. The standard InChI is InChI=1S/C21H20N2O2S/c24-20-19(26-21(22-20)23-12-5-2-6-13-23)15-16-8-7-11-18(14-16)25-17-9-3-1-4-10-17/h1,3-4,7-11,14-15H,2,5-6,12-13H2/b19-15+. The predicted molar refractivity (Wildman–Crippen MR) is 106 cm³/mol. The molecule has 1 fully saturated rings. The SMILES string of the molecule is O=C1N=C(N2CCCCC2)S/C1=C/c1cccc(Oc2ccccc2)c1. The Morgan fingerprint density at radius 3 is 2.54 bits per heavy atom. The highest BCUT2D eigenvalue weighted by molar-refractivity contribution is 8.18. The average Bonchev–Trinajstić information content (AvgIpc) is 3.04. The molecule has 4 rings (SSSR count). The first-order valence-electron chi connectivity index (χ1n) is 8.88. The topological polar surface area (TPSA) is 41.9 Å². The van der Waals surface area contributed by atoms with Crippen LogP contribution in [0.15, 0.2) is 64.5 Å². The van der Waals surface area contributed by atoms with Crippen LogP contribution in [0.1, 0.15) is 24.8 Å². The Hall–Kier alpha value is -2.53. The maximum Gasteiger partial charge on any atom is 0.286 e. The molecule has 26 heavy (non-hydrogen) atoms. The molecule has 0 spiro atoms. The lowest BCUT2D eigenvalue weighted by Gasteiger charge is -2.27. The molecule has 2 aromatic rings. The Morgan fingerprint density at radius 2 is 1.73 bits per heavy atom. The van der Waals surface area contributed by atoms with E-state index in [2.05, 4.69) is 9.89 Å². The van der Waals surface area contributed by atoms with Gasteiger partial charge in [-0.15, -0.1) is 0 Å². The second-order valence-electron chi connectivity index (χ2n) is 6.35. The summed E-state index contributed by atoms with van der Waals surface area (Å²) in [6, 6.07) is 17.4. The Balaban J connectivity index is 1.48. The van der Waals surface area contributed by atoms with Gasteiger partial charge in [-0.2, -0.15) is 4.99 Å². The number of thioether (sulfide) groups is 1. The molecule has 0 atom stereocenters. The van der Waals surface area contributed by atoms with Crippen molar-refractivity contribution in [1.29, 1.82) is 0 Å². The van der Waals surface area contributed by atoms with E-state index in [0.717, 1.165) is 35.3 Å². The average molecular weight is 364 g/mol. The van der Waals surface area contributed by atoms with Crippen LogP contribution in [0.2, 0.25) is 0 Å². The molecule has 2 heterocycles. The van der Waals surface area contributed by atoms with E-state index in [-0.39, 0.29) is 5.91 Å². The molecule has 0 aromatic heterocycles. The van der Waals surface area contributed by atoms with Crippen molar-refractivity contribution in [3.8, 4) is 11.5 Å². The first kappa shape index (κ1) is 16.9. The van der Waals surface area contributed by atoms with Gasteiger partial charge in [0.1, 0.15) is 11.5 Å². The third-order valence-corrected chi connectivity index (χ3v) is 5.42. The van der Waals surface area contributed by atoms with Crippen LogP contribution in [0.5, 0.6) is 11.5 Å². The van der Waals surface area contributed by atoms with Gasteiger partial charge in [-0.1, -0.05) is 30.3 Å². The van der Waals surface area contributed by atoms with E-state index in [4.69, 9.17) is 4.74 Å². The summed E-state index contributed by atoms with van der Waals surface area (Å²) in [4.78, 5) is 19.4. The molecule has 1 amide bonds. The molecule has 2 aromatic carbocycles. The molecule has 0 N–H and O–H groups in total. The Labute approximate surface area is 157 Å². The molecule has 5 heteroatoms. The second-order valence-corrected chi connectivity index (χ2v) is 7.35. The zero-order valence-electron chi connectivity index (χ0n) is 14.4. The number of hydrogen-bond donors (Lipinski definition) is 0. The normalized spacial score (nSPS) is 18.9. The number of amides is 1. The summed E-state index contributed by atoms with van der Waals surface area (Å²) in [7, 11) is 0. The number of amidine groups is 1. The fourth-order valence-corrected chi connectivity index (χ4v) is 4.03. The van der Waals surface area contributed by atoms with Gasteiger partial charge in [0, 0.05) is 13.1 Å². The van der Waals surface area contributed by atoms with Crippen LogP contribution in [0, 0.1) is 0 Å². The minimum absolute atomic E-state index is 0.148. The van der Waals surface area contributed by atoms with Gasteiger partial charge < -0.3 is 9.64 Å². The third kappa shape index (κ3) is 3.99. The highest BCUT2D eigenvalue weighted by atomic mass is 32.2. The lowest BCUT2D eigenvalue weighted by atomic mass is 10.1. The van der Waals surface area contributed by atoms with Crippen LogP contribution >= 0.6 is 11.8 Å². The first-order chi connectivity index (χ1) is 12.8. The number of hydrogen-bond acceptors (Lipinski definition) is 4. The van der Waals surface area contributed by atoms with Crippen LogP contribution in [0.3, 0.4) is 0 Å². The van der Waals surface area contributed by atoms with Crippen LogP contribution in [-0.4, -0.2) is 29.1 Å². The quantitative estimate of drug-likeness (QED) is 0.724. The van der Waals surface area contributed by atoms with Gasteiger partial charge in [-0.3, -0.25) is 4.79 Å². The fraction of sp³-hybridized carbons (Fsp3) is 0.238. The van der Waals surface area contributed by atoms with Crippen molar-refractivity contribution in [3.05, 3.63) is 65.1 Å². The molecule has 4 nitrogen and oxygen atoms in total. The number of carbonyl (C=O) groups excluding carboxylic acids is 1. The largest absolute Gasteiger partial charge is 0.457 e. The van der Waals surface area contributed by atoms with Crippen molar-refractivity contribution in [2.24, 2.45) is 4.99 Å². The smallest absolute Gasteiger partial charge is 0.286 e. The third-order valence-electron chi connectivity index (χ3n) is 4.37. The molecule has 2 aliphatic heterocycles. The predicted octanol–water partition coefficient (Wildman–Crippen LogP) is 4.94. The van der Waals surface area contributed by atoms with E-state index >= 15 is 0 Å². The van der Waals surface area contributed by atoms with Gasteiger partial charge in [-0.05, 0) is 66.9 Å². The molecule has 0 bridgehead atoms. The van der Waals surface area contributed by atoms with E-state index in [1.54, 1.807) is 0 Å². The zero-order valence-corrected chi connectivity index (χ0v) is 15.2. The Morgan fingerprint density at radius 1 is 0.962 bits per heavy atom. The summed E-state index contributed by atoms with van der Waals surface area (Å²) in [6.07, 6.45) is 5.50. The van der Waals surface area contributed by atoms with Crippen molar-refractivity contribution in [2.75, 3.05) is 13.1 Å². The summed E-state index contributed by atoms with van der Waals surface area (Å²) < 4.78 is 5.87. The minimum Gasteiger partial charge on any atom is -0.457 e. The fourth-order valence-electron chi connectivity index (χ4n) is 3.06. The number of likely N-dealkylation sites (tertiary alicyclic amines) is 1. The first-order valence-corrected chi connectivity index (χ1v) is 9.70. The van der Waals surface area contributed by atoms with Gasteiger partial charge in [0.2, 0.25) is 0 Å². The van der Waals surface area contributed by atoms with Crippen LogP contribution in [-0.2, 0) is 4.79 Å². The lowest BCUT2D eigenvalue weighted by Crippen LogP contribution is -2.33. The van der Waals surface area contributed by atoms with Gasteiger partial charge in [0.25, 0.3) is 5.91 Å². The number of benzene rings is 2. The summed E-state index contributed by atoms with van der Waals surface area (Å²) in [6.45, 7) is 1.99. The van der Waals surface area contributed by atoms with Gasteiger partial charge in [0.05, 0.1) is 4.91 Å². The van der Waals surface area contributed by atoms with Crippen molar-refractivity contribution >= 4 is 28.9 Å². The minimum atomic E-state index is -0.148.